The Morgan fingerprint density at radius 3 is 1.58 bits per heavy atom. The van der Waals surface area contributed by atoms with Gasteiger partial charge in [0.25, 0.3) is 0 Å². The summed E-state index contributed by atoms with van der Waals surface area (Å²) >= 11 is 0. The average Bonchev–Trinajstić information content (AvgIpc) is 1.86. The monoisotopic (exact) mass is 182 g/mol. The van der Waals surface area contributed by atoms with Crippen LogP contribution < -0.4 is 0 Å². The number of hydrogen-bond acceptors (Lipinski definition) is 0. The van der Waals surface area contributed by atoms with Crippen LogP contribution in [0, 0.1) is 17.8 Å². The molecule has 0 aromatic heterocycles. The highest BCUT2D eigenvalue weighted by atomic mass is 19.4. The van der Waals surface area contributed by atoms with Gasteiger partial charge in [-0.3, -0.25) is 0 Å². The van der Waals surface area contributed by atoms with Crippen LogP contribution in [0.1, 0.15) is 34.1 Å². The van der Waals surface area contributed by atoms with Crippen molar-refractivity contribution >= 4 is 0 Å². The normalized spacial score (nSPS) is 18.0. The Bertz CT molecular complexity index is 126. The summed E-state index contributed by atoms with van der Waals surface area (Å²) in [5.41, 5.74) is 0. The van der Waals surface area contributed by atoms with E-state index in [1.54, 1.807) is 0 Å². The standard InChI is InChI=1S/C9H17F3/c1-5-8(6(2)3)7(4)9(10,11)12/h6-8H,5H2,1-4H3. The Kier molecular flexibility index (Phi) is 4.08. The summed E-state index contributed by atoms with van der Waals surface area (Å²) in [6, 6.07) is 0. The molecule has 0 amide bonds. The van der Waals surface area contributed by atoms with Gasteiger partial charge in [-0.15, -0.1) is 0 Å². The van der Waals surface area contributed by atoms with Crippen molar-refractivity contribution < 1.29 is 13.2 Å². The number of alkyl halides is 3. The average molecular weight is 182 g/mol. The van der Waals surface area contributed by atoms with E-state index >= 15 is 0 Å². The van der Waals surface area contributed by atoms with Crippen molar-refractivity contribution in [1.82, 2.24) is 0 Å². The van der Waals surface area contributed by atoms with E-state index in [-0.39, 0.29) is 11.8 Å². The molecule has 0 heterocycles. The summed E-state index contributed by atoms with van der Waals surface area (Å²) in [7, 11) is 0. The highest BCUT2D eigenvalue weighted by Crippen LogP contribution is 2.36. The lowest BCUT2D eigenvalue weighted by molar-refractivity contribution is -0.187. The minimum Gasteiger partial charge on any atom is -0.171 e. The van der Waals surface area contributed by atoms with Gasteiger partial charge in [0.2, 0.25) is 0 Å². The Balaban J connectivity index is 4.32. The first-order valence-corrected chi connectivity index (χ1v) is 4.37. The first-order valence-electron chi connectivity index (χ1n) is 4.37. The maximum Gasteiger partial charge on any atom is 0.391 e. The van der Waals surface area contributed by atoms with Gasteiger partial charge in [-0.2, -0.15) is 13.2 Å². The molecule has 0 saturated carbocycles. The molecular formula is C9H17F3. The molecular weight excluding hydrogens is 165 g/mol. The molecule has 0 aliphatic carbocycles. The second-order valence-electron chi connectivity index (χ2n) is 3.65. The topological polar surface area (TPSA) is 0 Å². The molecule has 0 aromatic carbocycles. The van der Waals surface area contributed by atoms with Crippen molar-refractivity contribution in [3.8, 4) is 0 Å². The fourth-order valence-electron chi connectivity index (χ4n) is 1.65. The van der Waals surface area contributed by atoms with Crippen molar-refractivity contribution in [2.24, 2.45) is 17.8 Å². The van der Waals surface area contributed by atoms with E-state index in [0.29, 0.717) is 6.42 Å². The van der Waals surface area contributed by atoms with Crippen LogP contribution in [-0.2, 0) is 0 Å². The first kappa shape index (κ1) is 11.8. The van der Waals surface area contributed by atoms with Crippen molar-refractivity contribution in [2.45, 2.75) is 40.3 Å². The summed E-state index contributed by atoms with van der Waals surface area (Å²) in [5, 5.41) is 0. The van der Waals surface area contributed by atoms with Crippen LogP contribution in [0.4, 0.5) is 13.2 Å². The van der Waals surface area contributed by atoms with Crippen LogP contribution in [0.25, 0.3) is 0 Å². The van der Waals surface area contributed by atoms with Gasteiger partial charge in [0.1, 0.15) is 0 Å². The molecule has 0 radical (unpaired) electrons. The molecule has 0 fully saturated rings. The molecule has 0 N–H and O–H groups in total. The van der Waals surface area contributed by atoms with E-state index in [1.807, 2.05) is 20.8 Å². The van der Waals surface area contributed by atoms with E-state index < -0.39 is 12.1 Å². The smallest absolute Gasteiger partial charge is 0.171 e. The largest absolute Gasteiger partial charge is 0.391 e. The SMILES string of the molecule is CCC(C(C)C)C(C)C(F)(F)F. The van der Waals surface area contributed by atoms with Gasteiger partial charge in [0, 0.05) is 0 Å². The third-order valence-corrected chi connectivity index (χ3v) is 2.49. The van der Waals surface area contributed by atoms with Crippen LogP contribution in [0.5, 0.6) is 0 Å². The summed E-state index contributed by atoms with van der Waals surface area (Å²) in [6.07, 6.45) is -3.44. The summed E-state index contributed by atoms with van der Waals surface area (Å²) < 4.78 is 36.7. The zero-order chi connectivity index (χ0) is 9.94. The molecule has 0 saturated heterocycles. The third-order valence-electron chi connectivity index (χ3n) is 2.49. The van der Waals surface area contributed by atoms with Gasteiger partial charge in [-0.25, -0.2) is 0 Å². The van der Waals surface area contributed by atoms with Crippen molar-refractivity contribution in [3.05, 3.63) is 0 Å². The van der Waals surface area contributed by atoms with Gasteiger partial charge in [0.15, 0.2) is 0 Å². The first-order chi connectivity index (χ1) is 5.30. The molecule has 3 heteroatoms. The molecule has 0 spiro atoms. The maximum absolute atomic E-state index is 12.2. The zero-order valence-corrected chi connectivity index (χ0v) is 8.07. The molecule has 0 rings (SSSR count). The highest BCUT2D eigenvalue weighted by molar-refractivity contribution is 4.73. The van der Waals surface area contributed by atoms with Gasteiger partial charge >= 0.3 is 6.18 Å². The van der Waals surface area contributed by atoms with Crippen LogP contribution in [-0.4, -0.2) is 6.18 Å². The molecule has 12 heavy (non-hydrogen) atoms. The van der Waals surface area contributed by atoms with Crippen molar-refractivity contribution in [3.63, 3.8) is 0 Å². The van der Waals surface area contributed by atoms with Gasteiger partial charge < -0.3 is 0 Å². The molecule has 74 valence electrons. The van der Waals surface area contributed by atoms with Crippen LogP contribution >= 0.6 is 0 Å². The molecule has 2 atom stereocenters. The third kappa shape index (κ3) is 3.03. The lowest BCUT2D eigenvalue weighted by atomic mass is 9.82. The van der Waals surface area contributed by atoms with Crippen LogP contribution in [0.15, 0.2) is 0 Å². The van der Waals surface area contributed by atoms with Gasteiger partial charge in [-0.1, -0.05) is 34.1 Å². The lowest BCUT2D eigenvalue weighted by Crippen LogP contribution is -2.30. The Morgan fingerprint density at radius 1 is 1.08 bits per heavy atom. The minimum absolute atomic E-state index is 0.103. The summed E-state index contributed by atoms with van der Waals surface area (Å²) in [6.45, 7) is 6.77. The van der Waals surface area contributed by atoms with E-state index in [0.717, 1.165) is 0 Å². The van der Waals surface area contributed by atoms with E-state index in [9.17, 15) is 13.2 Å². The number of hydrogen-bond donors (Lipinski definition) is 0. The fraction of sp³-hybridized carbons (Fsp3) is 1.00. The quantitative estimate of drug-likeness (QED) is 0.621. The number of halogens is 3. The predicted molar refractivity (Wildman–Crippen MR) is 43.8 cm³/mol. The molecule has 0 aliphatic rings. The molecule has 0 aromatic rings. The second kappa shape index (κ2) is 4.15. The van der Waals surface area contributed by atoms with Crippen molar-refractivity contribution in [1.29, 1.82) is 0 Å². The highest BCUT2D eigenvalue weighted by Gasteiger charge is 2.41. The van der Waals surface area contributed by atoms with Gasteiger partial charge in [-0.05, 0) is 11.8 Å². The van der Waals surface area contributed by atoms with Gasteiger partial charge in [0.05, 0.1) is 5.92 Å². The van der Waals surface area contributed by atoms with E-state index in [1.165, 1.54) is 6.92 Å². The van der Waals surface area contributed by atoms with Crippen molar-refractivity contribution in [2.75, 3.05) is 0 Å². The molecule has 0 bridgehead atoms. The molecule has 0 aliphatic heterocycles. The minimum atomic E-state index is -4.04. The second-order valence-corrected chi connectivity index (χ2v) is 3.65. The number of rotatable bonds is 3. The van der Waals surface area contributed by atoms with Crippen LogP contribution in [0.2, 0.25) is 0 Å². The zero-order valence-electron chi connectivity index (χ0n) is 8.07. The molecule has 0 nitrogen and oxygen atoms in total. The Hall–Kier alpha value is -0.210. The summed E-state index contributed by atoms with van der Waals surface area (Å²) in [5.74, 6) is -1.32. The Labute approximate surface area is 72.2 Å². The molecule has 2 unspecified atom stereocenters. The van der Waals surface area contributed by atoms with Crippen LogP contribution in [0.3, 0.4) is 0 Å². The Morgan fingerprint density at radius 2 is 1.50 bits per heavy atom. The fourth-order valence-corrected chi connectivity index (χ4v) is 1.65. The summed E-state index contributed by atoms with van der Waals surface area (Å²) in [4.78, 5) is 0. The van der Waals surface area contributed by atoms with E-state index in [2.05, 4.69) is 0 Å². The maximum atomic E-state index is 12.2. The lowest BCUT2D eigenvalue weighted by Gasteiger charge is -2.27. The van der Waals surface area contributed by atoms with E-state index in [4.69, 9.17) is 0 Å². The predicted octanol–water partition coefficient (Wildman–Crippen LogP) is 3.87.